The molecule has 0 amide bonds. The second-order valence-electron chi connectivity index (χ2n) is 3.15. The molecule has 19 heavy (non-hydrogen) atoms. The fourth-order valence-corrected chi connectivity index (χ4v) is 3.24. The summed E-state index contributed by atoms with van der Waals surface area (Å²) in [5.41, 5.74) is 19.5. The average Bonchev–Trinajstić information content (AvgIpc) is 2.43. The highest BCUT2D eigenvalue weighted by molar-refractivity contribution is 8.77. The van der Waals surface area contributed by atoms with Crippen LogP contribution >= 0.6 is 21.6 Å². The Morgan fingerprint density at radius 2 is 1.89 bits per heavy atom. The van der Waals surface area contributed by atoms with Crippen molar-refractivity contribution in [2.75, 3.05) is 20.0 Å². The van der Waals surface area contributed by atoms with Crippen LogP contribution in [0.5, 0.6) is 0 Å². The van der Waals surface area contributed by atoms with Crippen molar-refractivity contribution in [3.8, 4) is 0 Å². The van der Waals surface area contributed by atoms with Gasteiger partial charge in [0, 0.05) is 10.7 Å². The first-order valence-electron chi connectivity index (χ1n) is 4.97. The van der Waals surface area contributed by atoms with Crippen molar-refractivity contribution >= 4 is 33.5 Å². The first-order chi connectivity index (χ1) is 8.97. The van der Waals surface area contributed by atoms with E-state index in [1.54, 1.807) is 0 Å². The van der Waals surface area contributed by atoms with E-state index >= 15 is 0 Å². The highest BCUT2D eigenvalue weighted by Crippen LogP contribution is 2.30. The van der Waals surface area contributed by atoms with Crippen LogP contribution in [0.25, 0.3) is 10.4 Å². The van der Waals surface area contributed by atoms with Crippen LogP contribution in [-0.4, -0.2) is 49.4 Å². The van der Waals surface area contributed by atoms with Crippen molar-refractivity contribution in [2.24, 2.45) is 16.6 Å². The quantitative estimate of drug-likeness (QED) is 0.209. The lowest BCUT2D eigenvalue weighted by atomic mass is 10.3. The van der Waals surface area contributed by atoms with Crippen LogP contribution in [-0.2, 0) is 19.1 Å². The van der Waals surface area contributed by atoms with Gasteiger partial charge >= 0.3 is 11.9 Å². The first-order valence-corrected chi connectivity index (χ1v) is 7.35. The van der Waals surface area contributed by atoms with Crippen molar-refractivity contribution < 1.29 is 19.1 Å². The second kappa shape index (κ2) is 9.75. The van der Waals surface area contributed by atoms with Crippen LogP contribution < -0.4 is 11.5 Å². The van der Waals surface area contributed by atoms with E-state index in [1.807, 2.05) is 0 Å². The Morgan fingerprint density at radius 3 is 2.37 bits per heavy atom. The van der Waals surface area contributed by atoms with Crippen molar-refractivity contribution in [3.63, 3.8) is 0 Å². The SMILES string of the molecule is COC(=O)C(N)CSSC(N=[N+]=[N-])C(N)C(=O)OC. The normalized spacial score (nSPS) is 14.7. The number of rotatable bonds is 8. The molecule has 0 radical (unpaired) electrons. The molecule has 0 saturated heterocycles. The summed E-state index contributed by atoms with van der Waals surface area (Å²) in [5, 5.41) is 2.54. The van der Waals surface area contributed by atoms with E-state index in [4.69, 9.17) is 17.0 Å². The van der Waals surface area contributed by atoms with Crippen LogP contribution in [0, 0.1) is 0 Å². The van der Waals surface area contributed by atoms with Crippen LogP contribution in [0.15, 0.2) is 5.11 Å². The summed E-state index contributed by atoms with van der Waals surface area (Å²) in [6, 6.07) is -1.89. The van der Waals surface area contributed by atoms with Crippen molar-refractivity contribution in [1.82, 2.24) is 0 Å². The van der Waals surface area contributed by atoms with Gasteiger partial charge < -0.3 is 20.9 Å². The predicted molar refractivity (Wildman–Crippen MR) is 73.0 cm³/mol. The maximum absolute atomic E-state index is 11.2. The zero-order chi connectivity index (χ0) is 14.8. The fourth-order valence-electron chi connectivity index (χ4n) is 0.856. The van der Waals surface area contributed by atoms with E-state index in [9.17, 15) is 9.59 Å². The summed E-state index contributed by atoms with van der Waals surface area (Å²) >= 11 is 0. The molecule has 0 bridgehead atoms. The van der Waals surface area contributed by atoms with Gasteiger partial charge in [0.2, 0.25) is 0 Å². The Kier molecular flexibility index (Phi) is 9.17. The molecule has 0 aliphatic heterocycles. The minimum absolute atomic E-state index is 0.225. The van der Waals surface area contributed by atoms with Gasteiger partial charge in [0.15, 0.2) is 0 Å². The summed E-state index contributed by atoms with van der Waals surface area (Å²) in [5.74, 6) is -1.02. The Hall–Kier alpha value is -1.13. The number of hydrogen-bond donors (Lipinski definition) is 2. The second-order valence-corrected chi connectivity index (χ2v) is 5.68. The minimum atomic E-state index is -1.09. The lowest BCUT2D eigenvalue weighted by Crippen LogP contribution is -2.39. The third-order valence-electron chi connectivity index (χ3n) is 1.86. The van der Waals surface area contributed by atoms with Gasteiger partial charge in [-0.1, -0.05) is 26.7 Å². The topological polar surface area (TPSA) is 153 Å². The molecule has 0 aliphatic rings. The molecule has 0 rings (SSSR count). The zero-order valence-electron chi connectivity index (χ0n) is 10.4. The highest BCUT2D eigenvalue weighted by atomic mass is 33.1. The van der Waals surface area contributed by atoms with Gasteiger partial charge in [0.1, 0.15) is 17.5 Å². The van der Waals surface area contributed by atoms with E-state index in [1.165, 1.54) is 14.2 Å². The average molecular weight is 309 g/mol. The molecule has 3 unspecified atom stereocenters. The lowest BCUT2D eigenvalue weighted by Gasteiger charge is -2.16. The number of carbonyl (C=O) groups excluding carboxylic acids is 2. The van der Waals surface area contributed by atoms with Crippen molar-refractivity contribution in [3.05, 3.63) is 10.4 Å². The van der Waals surface area contributed by atoms with Gasteiger partial charge in [-0.15, -0.1) is 0 Å². The molecule has 4 N–H and O–H groups in total. The standard InChI is InChI=1S/C8H15N5O4S2/c1-16-7(14)4(9)3-18-19-6(12-13-11)5(10)8(15)17-2/h4-6H,3,9-10H2,1-2H3. The fraction of sp³-hybridized carbons (Fsp3) is 0.750. The molecule has 3 atom stereocenters. The van der Waals surface area contributed by atoms with Crippen LogP contribution in [0.2, 0.25) is 0 Å². The predicted octanol–water partition coefficient (Wildman–Crippen LogP) is 0.00480. The van der Waals surface area contributed by atoms with Gasteiger partial charge in [-0.05, 0) is 5.53 Å². The zero-order valence-corrected chi connectivity index (χ0v) is 12.0. The first kappa shape index (κ1) is 17.9. The van der Waals surface area contributed by atoms with Gasteiger partial charge in [-0.25, -0.2) is 0 Å². The molecule has 0 aromatic rings. The number of esters is 2. The summed E-state index contributed by atoms with van der Waals surface area (Å²) in [6.45, 7) is 0. The molecular formula is C8H15N5O4S2. The van der Waals surface area contributed by atoms with Crippen LogP contribution in [0.4, 0.5) is 0 Å². The third kappa shape index (κ3) is 6.55. The number of hydrogen-bond acceptors (Lipinski definition) is 9. The lowest BCUT2D eigenvalue weighted by molar-refractivity contribution is -0.142. The molecule has 108 valence electrons. The number of methoxy groups -OCH3 is 2. The smallest absolute Gasteiger partial charge is 0.323 e. The van der Waals surface area contributed by atoms with Crippen LogP contribution in [0.3, 0.4) is 0 Å². The number of ether oxygens (including phenoxy) is 2. The summed E-state index contributed by atoms with van der Waals surface area (Å²) in [7, 11) is 4.60. The minimum Gasteiger partial charge on any atom is -0.468 e. The van der Waals surface area contributed by atoms with E-state index in [2.05, 4.69) is 19.5 Å². The Balaban J connectivity index is 4.34. The molecule has 0 aromatic carbocycles. The van der Waals surface area contributed by atoms with Crippen molar-refractivity contribution in [1.29, 1.82) is 0 Å². The molecule has 11 heteroatoms. The van der Waals surface area contributed by atoms with E-state index in [0.29, 0.717) is 0 Å². The number of azide groups is 1. The maximum Gasteiger partial charge on any atom is 0.323 e. The summed E-state index contributed by atoms with van der Waals surface area (Å²) in [6.07, 6.45) is 0. The molecule has 0 spiro atoms. The summed E-state index contributed by atoms with van der Waals surface area (Å²) < 4.78 is 8.91. The molecular weight excluding hydrogens is 294 g/mol. The number of carbonyl (C=O) groups is 2. The van der Waals surface area contributed by atoms with Crippen LogP contribution in [0.1, 0.15) is 0 Å². The Labute approximate surface area is 117 Å². The number of nitrogens with two attached hydrogens (primary N) is 2. The Bertz CT molecular complexity index is 363. The van der Waals surface area contributed by atoms with E-state index < -0.39 is 29.4 Å². The van der Waals surface area contributed by atoms with E-state index in [0.717, 1.165) is 21.6 Å². The van der Waals surface area contributed by atoms with E-state index in [-0.39, 0.29) is 5.75 Å². The number of nitrogens with zero attached hydrogens (tertiary/aromatic N) is 3. The molecule has 0 heterocycles. The van der Waals surface area contributed by atoms with Gasteiger partial charge in [-0.3, -0.25) is 9.59 Å². The van der Waals surface area contributed by atoms with Gasteiger partial charge in [0.05, 0.1) is 14.2 Å². The largest absolute Gasteiger partial charge is 0.468 e. The maximum atomic E-state index is 11.2. The van der Waals surface area contributed by atoms with Gasteiger partial charge in [0.25, 0.3) is 0 Å². The molecule has 0 saturated carbocycles. The summed E-state index contributed by atoms with van der Waals surface area (Å²) in [4.78, 5) is 24.9. The Morgan fingerprint density at radius 1 is 1.32 bits per heavy atom. The molecule has 0 aliphatic carbocycles. The molecule has 9 nitrogen and oxygen atoms in total. The third-order valence-corrected chi connectivity index (χ3v) is 4.49. The van der Waals surface area contributed by atoms with Gasteiger partial charge in [-0.2, -0.15) is 0 Å². The van der Waals surface area contributed by atoms with Crippen molar-refractivity contribution in [2.45, 2.75) is 17.5 Å². The molecule has 0 fully saturated rings. The molecule has 0 aromatic heterocycles. The monoisotopic (exact) mass is 309 g/mol. The highest BCUT2D eigenvalue weighted by Gasteiger charge is 2.26.